The van der Waals surface area contributed by atoms with E-state index in [-0.39, 0.29) is 6.54 Å². The Morgan fingerprint density at radius 3 is 2.57 bits per heavy atom. The molecule has 0 spiro atoms. The number of alkyl halides is 3. The molecule has 0 amide bonds. The Hall–Kier alpha value is -1.53. The molecule has 0 unspecified atom stereocenters. The lowest BCUT2D eigenvalue weighted by molar-refractivity contribution is -0.125. The third kappa shape index (κ3) is 2.65. The fraction of sp³-hybridized carbons (Fsp3) is 0.467. The Balaban J connectivity index is 1.96. The fourth-order valence-electron chi connectivity index (χ4n) is 2.99. The van der Waals surface area contributed by atoms with E-state index >= 15 is 0 Å². The van der Waals surface area contributed by atoms with Crippen LogP contribution in [-0.4, -0.2) is 17.3 Å². The highest BCUT2D eigenvalue weighted by Crippen LogP contribution is 2.30. The van der Waals surface area contributed by atoms with Crippen molar-refractivity contribution in [3.63, 3.8) is 0 Å². The first-order valence-corrected chi connectivity index (χ1v) is 6.94. The van der Waals surface area contributed by atoms with Crippen molar-refractivity contribution in [1.82, 2.24) is 15.2 Å². The first kappa shape index (κ1) is 14.4. The van der Waals surface area contributed by atoms with E-state index in [9.17, 15) is 13.2 Å². The summed E-state index contributed by atoms with van der Waals surface area (Å²) in [5.74, 6) is 0. The average Bonchev–Trinajstić information content (AvgIpc) is 2.94. The standard InChI is InChI=1S/C15H18F3N3/c1-9-13(7-20-8-15(16,17)18)12-3-10-5-19-6-11(10)4-14(12)21(9)2/h3-4,19-20H,5-8H2,1-2H3. The van der Waals surface area contributed by atoms with Crippen molar-refractivity contribution in [2.75, 3.05) is 6.54 Å². The lowest BCUT2D eigenvalue weighted by atomic mass is 10.0. The van der Waals surface area contributed by atoms with Crippen LogP contribution in [-0.2, 0) is 26.7 Å². The van der Waals surface area contributed by atoms with Crippen molar-refractivity contribution in [1.29, 1.82) is 0 Å². The number of fused-ring (bicyclic) bond motifs is 2. The Kier molecular flexibility index (Phi) is 3.45. The van der Waals surface area contributed by atoms with Gasteiger partial charge in [0.05, 0.1) is 6.54 Å². The van der Waals surface area contributed by atoms with Crippen LogP contribution < -0.4 is 10.6 Å². The molecule has 2 N–H and O–H groups in total. The van der Waals surface area contributed by atoms with Crippen LogP contribution in [0.25, 0.3) is 10.9 Å². The Bertz CT molecular complexity index is 686. The summed E-state index contributed by atoms with van der Waals surface area (Å²) in [6, 6.07) is 4.26. The van der Waals surface area contributed by atoms with Gasteiger partial charge in [-0.1, -0.05) is 0 Å². The molecular weight excluding hydrogens is 279 g/mol. The second kappa shape index (κ2) is 5.03. The summed E-state index contributed by atoms with van der Waals surface area (Å²) >= 11 is 0. The highest BCUT2D eigenvalue weighted by atomic mass is 19.4. The summed E-state index contributed by atoms with van der Waals surface area (Å²) in [4.78, 5) is 0. The molecule has 114 valence electrons. The van der Waals surface area contributed by atoms with Gasteiger partial charge in [-0.25, -0.2) is 0 Å². The zero-order valence-electron chi connectivity index (χ0n) is 12.1. The number of nitrogens with one attached hydrogen (secondary N) is 2. The van der Waals surface area contributed by atoms with E-state index in [2.05, 4.69) is 27.3 Å². The monoisotopic (exact) mass is 297 g/mol. The second-order valence-electron chi connectivity index (χ2n) is 5.58. The maximum Gasteiger partial charge on any atom is 0.401 e. The van der Waals surface area contributed by atoms with Crippen molar-refractivity contribution >= 4 is 10.9 Å². The summed E-state index contributed by atoms with van der Waals surface area (Å²) < 4.78 is 38.9. The number of aryl methyl sites for hydroxylation is 1. The highest BCUT2D eigenvalue weighted by Gasteiger charge is 2.26. The summed E-state index contributed by atoms with van der Waals surface area (Å²) in [6.07, 6.45) is -4.18. The molecule has 0 aliphatic carbocycles. The normalized spacial score (nSPS) is 14.9. The van der Waals surface area contributed by atoms with Gasteiger partial charge < -0.3 is 15.2 Å². The SMILES string of the molecule is Cc1c(CNCC(F)(F)F)c2cc3c(cc2n1C)CNC3. The summed E-state index contributed by atoms with van der Waals surface area (Å²) in [6.45, 7) is 2.91. The quantitative estimate of drug-likeness (QED) is 0.912. The zero-order valence-corrected chi connectivity index (χ0v) is 12.1. The van der Waals surface area contributed by atoms with Crippen LogP contribution in [0, 0.1) is 6.92 Å². The maximum absolute atomic E-state index is 12.3. The molecule has 0 atom stereocenters. The van der Waals surface area contributed by atoms with E-state index < -0.39 is 12.7 Å². The largest absolute Gasteiger partial charge is 0.401 e. The molecule has 6 heteroatoms. The molecule has 0 fully saturated rings. The number of halogens is 3. The van der Waals surface area contributed by atoms with Gasteiger partial charge in [-0.2, -0.15) is 13.2 Å². The van der Waals surface area contributed by atoms with Gasteiger partial charge in [0.25, 0.3) is 0 Å². The van der Waals surface area contributed by atoms with Gasteiger partial charge >= 0.3 is 6.18 Å². The molecule has 0 bridgehead atoms. The minimum Gasteiger partial charge on any atom is -0.348 e. The number of benzene rings is 1. The third-order valence-electron chi connectivity index (χ3n) is 4.20. The fourth-order valence-corrected chi connectivity index (χ4v) is 2.99. The molecule has 1 aromatic carbocycles. The minimum absolute atomic E-state index is 0.231. The summed E-state index contributed by atoms with van der Waals surface area (Å²) in [7, 11) is 1.96. The molecular formula is C15H18F3N3. The van der Waals surface area contributed by atoms with Crippen LogP contribution >= 0.6 is 0 Å². The van der Waals surface area contributed by atoms with Crippen LogP contribution in [0.5, 0.6) is 0 Å². The number of hydrogen-bond donors (Lipinski definition) is 2. The van der Waals surface area contributed by atoms with E-state index in [4.69, 9.17) is 0 Å². The van der Waals surface area contributed by atoms with E-state index in [0.717, 1.165) is 35.2 Å². The van der Waals surface area contributed by atoms with Gasteiger partial charge in [-0.15, -0.1) is 0 Å². The van der Waals surface area contributed by atoms with E-state index in [1.807, 2.05) is 14.0 Å². The lowest BCUT2D eigenvalue weighted by Gasteiger charge is -2.08. The van der Waals surface area contributed by atoms with Crippen molar-refractivity contribution in [2.45, 2.75) is 32.7 Å². The van der Waals surface area contributed by atoms with Crippen molar-refractivity contribution in [3.05, 3.63) is 34.5 Å². The van der Waals surface area contributed by atoms with Crippen LogP contribution in [0.4, 0.5) is 13.2 Å². The van der Waals surface area contributed by atoms with Crippen LogP contribution in [0.15, 0.2) is 12.1 Å². The first-order chi connectivity index (χ1) is 9.87. The third-order valence-corrected chi connectivity index (χ3v) is 4.20. The average molecular weight is 297 g/mol. The van der Waals surface area contributed by atoms with Crippen LogP contribution in [0.1, 0.15) is 22.4 Å². The van der Waals surface area contributed by atoms with Crippen LogP contribution in [0.3, 0.4) is 0 Å². The molecule has 3 nitrogen and oxygen atoms in total. The van der Waals surface area contributed by atoms with E-state index in [1.54, 1.807) is 0 Å². The minimum atomic E-state index is -4.18. The van der Waals surface area contributed by atoms with Gasteiger partial charge in [0.2, 0.25) is 0 Å². The second-order valence-corrected chi connectivity index (χ2v) is 5.58. The van der Waals surface area contributed by atoms with Crippen molar-refractivity contribution in [3.8, 4) is 0 Å². The number of rotatable bonds is 3. The molecule has 1 aromatic heterocycles. The van der Waals surface area contributed by atoms with Gasteiger partial charge in [0.15, 0.2) is 0 Å². The van der Waals surface area contributed by atoms with Gasteiger partial charge in [-0.3, -0.25) is 0 Å². The number of hydrogen-bond acceptors (Lipinski definition) is 2. The number of aromatic nitrogens is 1. The van der Waals surface area contributed by atoms with Crippen LogP contribution in [0.2, 0.25) is 0 Å². The molecule has 0 radical (unpaired) electrons. The first-order valence-electron chi connectivity index (χ1n) is 6.94. The predicted octanol–water partition coefficient (Wildman–Crippen LogP) is 2.74. The molecule has 1 aliphatic rings. The summed E-state index contributed by atoms with van der Waals surface area (Å²) in [5, 5.41) is 6.85. The maximum atomic E-state index is 12.3. The lowest BCUT2D eigenvalue weighted by Crippen LogP contribution is -2.28. The predicted molar refractivity (Wildman–Crippen MR) is 76.0 cm³/mol. The smallest absolute Gasteiger partial charge is 0.348 e. The summed E-state index contributed by atoms with van der Waals surface area (Å²) in [5.41, 5.74) is 5.56. The van der Waals surface area contributed by atoms with Crippen molar-refractivity contribution < 1.29 is 13.2 Å². The highest BCUT2D eigenvalue weighted by molar-refractivity contribution is 5.87. The Labute approximate surface area is 121 Å². The molecule has 1 aliphatic heterocycles. The molecule has 21 heavy (non-hydrogen) atoms. The molecule has 2 heterocycles. The molecule has 0 saturated heterocycles. The van der Waals surface area contributed by atoms with Gasteiger partial charge in [0.1, 0.15) is 0 Å². The zero-order chi connectivity index (χ0) is 15.2. The topological polar surface area (TPSA) is 29.0 Å². The molecule has 2 aromatic rings. The van der Waals surface area contributed by atoms with Gasteiger partial charge in [0, 0.05) is 43.3 Å². The molecule has 0 saturated carbocycles. The number of nitrogens with zero attached hydrogens (tertiary/aromatic N) is 1. The van der Waals surface area contributed by atoms with E-state index in [1.165, 1.54) is 11.1 Å². The van der Waals surface area contributed by atoms with Crippen molar-refractivity contribution in [2.24, 2.45) is 7.05 Å². The van der Waals surface area contributed by atoms with Gasteiger partial charge in [-0.05, 0) is 35.7 Å². The Morgan fingerprint density at radius 1 is 1.24 bits per heavy atom. The molecule has 3 rings (SSSR count). The Morgan fingerprint density at radius 2 is 1.90 bits per heavy atom. The van der Waals surface area contributed by atoms with E-state index in [0.29, 0.717) is 0 Å².